The molecule has 1 aromatic rings. The normalized spacial score (nSPS) is 40.3. The first-order valence-corrected chi connectivity index (χ1v) is 10.7. The summed E-state index contributed by atoms with van der Waals surface area (Å²) in [5.41, 5.74) is 1.23. The molecule has 3 aliphatic rings. The summed E-state index contributed by atoms with van der Waals surface area (Å²) in [6.07, 6.45) is 10.2. The van der Waals surface area contributed by atoms with Gasteiger partial charge in [0.25, 0.3) is 0 Å². The number of hydrogen-bond acceptors (Lipinski definition) is 3. The second kappa shape index (κ2) is 7.90. The van der Waals surface area contributed by atoms with E-state index in [-0.39, 0.29) is 12.2 Å². The van der Waals surface area contributed by atoms with Gasteiger partial charge >= 0.3 is 0 Å². The first-order valence-electron chi connectivity index (χ1n) is 10.7. The maximum atomic E-state index is 9.76. The molecule has 0 saturated heterocycles. The molecule has 1 N–H and O–H groups in total. The van der Waals surface area contributed by atoms with Crippen molar-refractivity contribution in [2.45, 2.75) is 83.3 Å². The smallest absolute Gasteiger partial charge is 0.115 e. The Balaban J connectivity index is 1.34. The van der Waals surface area contributed by atoms with Gasteiger partial charge < -0.3 is 5.11 Å². The molecule has 0 spiro atoms. The summed E-state index contributed by atoms with van der Waals surface area (Å²) in [6, 6.07) is 7.71. The molecule has 3 aliphatic carbocycles. The summed E-state index contributed by atoms with van der Waals surface area (Å²) in [4.78, 5) is 12.2. The van der Waals surface area contributed by atoms with Gasteiger partial charge in [-0.2, -0.15) is 0 Å². The van der Waals surface area contributed by atoms with E-state index in [1.54, 1.807) is 6.07 Å². The average molecular weight is 359 g/mol. The number of phenols is 1. The van der Waals surface area contributed by atoms with Crippen LogP contribution in [0, 0.1) is 23.7 Å². The largest absolute Gasteiger partial charge is 0.508 e. The third kappa shape index (κ3) is 4.09. The van der Waals surface area contributed by atoms with E-state index in [0.29, 0.717) is 23.5 Å². The monoisotopic (exact) mass is 358 g/mol. The minimum absolute atomic E-state index is 0.182. The van der Waals surface area contributed by atoms with Gasteiger partial charge in [-0.05, 0) is 92.2 Å². The van der Waals surface area contributed by atoms with Crippen LogP contribution in [0.25, 0.3) is 0 Å². The summed E-state index contributed by atoms with van der Waals surface area (Å²) < 4.78 is 0. The highest BCUT2D eigenvalue weighted by Crippen LogP contribution is 2.46. The van der Waals surface area contributed by atoms with Crippen LogP contribution in [-0.4, -0.2) is 17.3 Å². The van der Waals surface area contributed by atoms with Gasteiger partial charge in [0.2, 0.25) is 0 Å². The van der Waals surface area contributed by atoms with Crippen LogP contribution in [-0.2, 0) is 9.78 Å². The number of fused-ring (bicyclic) bond motifs is 2. The standard InChI is InChI=1S/C23H34O3/c1-15-9-17-11-16(2)23(20(10-15)12-17)26-25-22-8-4-6-19(14-22)18-5-3-7-21(24)13-18/h3,5,7,13,15-17,19-20,22-24H,4,6,8-12,14H2,1-2H3/t15?,16?,17?,19-,20?,22-,23?/m1/s1. The van der Waals surface area contributed by atoms with Gasteiger partial charge in [0.15, 0.2) is 0 Å². The quantitative estimate of drug-likeness (QED) is 0.544. The van der Waals surface area contributed by atoms with Crippen LogP contribution < -0.4 is 0 Å². The zero-order valence-electron chi connectivity index (χ0n) is 16.3. The number of rotatable bonds is 4. The summed E-state index contributed by atoms with van der Waals surface area (Å²) in [6.45, 7) is 4.74. The molecular formula is C23H34O3. The lowest BCUT2D eigenvalue weighted by atomic mass is 9.64. The van der Waals surface area contributed by atoms with E-state index in [4.69, 9.17) is 9.78 Å². The van der Waals surface area contributed by atoms with Crippen molar-refractivity contribution in [2.75, 3.05) is 0 Å². The molecule has 3 saturated carbocycles. The lowest BCUT2D eigenvalue weighted by Gasteiger charge is -2.45. The molecule has 5 unspecified atom stereocenters. The molecule has 7 atom stereocenters. The van der Waals surface area contributed by atoms with Gasteiger partial charge in [0.05, 0.1) is 12.2 Å². The maximum Gasteiger partial charge on any atom is 0.115 e. The Morgan fingerprint density at radius 1 is 0.962 bits per heavy atom. The van der Waals surface area contributed by atoms with Gasteiger partial charge in [-0.15, -0.1) is 0 Å². The van der Waals surface area contributed by atoms with E-state index in [2.05, 4.69) is 19.9 Å². The Hall–Kier alpha value is -1.06. The third-order valence-corrected chi connectivity index (χ3v) is 7.08. The first kappa shape index (κ1) is 18.3. The molecule has 2 bridgehead atoms. The molecule has 3 fully saturated rings. The Kier molecular flexibility index (Phi) is 5.56. The van der Waals surface area contributed by atoms with Crippen LogP contribution >= 0.6 is 0 Å². The molecule has 0 heterocycles. The molecule has 26 heavy (non-hydrogen) atoms. The van der Waals surface area contributed by atoms with Gasteiger partial charge in [-0.3, -0.25) is 0 Å². The number of benzene rings is 1. The van der Waals surface area contributed by atoms with Crippen molar-refractivity contribution in [1.82, 2.24) is 0 Å². The highest BCUT2D eigenvalue weighted by atomic mass is 17.2. The van der Waals surface area contributed by atoms with Crippen molar-refractivity contribution < 1.29 is 14.9 Å². The zero-order chi connectivity index (χ0) is 18.1. The molecule has 144 valence electrons. The van der Waals surface area contributed by atoms with Crippen LogP contribution in [0.4, 0.5) is 0 Å². The van der Waals surface area contributed by atoms with Gasteiger partial charge in [0.1, 0.15) is 5.75 Å². The summed E-state index contributed by atoms with van der Waals surface area (Å²) in [5, 5.41) is 9.76. The molecule has 0 aromatic heterocycles. The van der Waals surface area contributed by atoms with Crippen molar-refractivity contribution in [2.24, 2.45) is 23.7 Å². The Labute approximate surface area is 158 Å². The third-order valence-electron chi connectivity index (χ3n) is 7.08. The van der Waals surface area contributed by atoms with E-state index in [1.807, 2.05) is 12.1 Å². The molecule has 1 aromatic carbocycles. The molecule has 0 radical (unpaired) electrons. The lowest BCUT2D eigenvalue weighted by molar-refractivity contribution is -0.377. The van der Waals surface area contributed by atoms with Crippen LogP contribution in [0.15, 0.2) is 24.3 Å². The molecule has 3 heteroatoms. The molecule has 0 aliphatic heterocycles. The second-order valence-electron chi connectivity index (χ2n) is 9.39. The van der Waals surface area contributed by atoms with E-state index in [9.17, 15) is 5.11 Å². The summed E-state index contributed by atoms with van der Waals surface area (Å²) in [7, 11) is 0. The minimum Gasteiger partial charge on any atom is -0.508 e. The van der Waals surface area contributed by atoms with E-state index in [0.717, 1.165) is 31.1 Å². The lowest BCUT2D eigenvalue weighted by Crippen LogP contribution is -2.42. The molecular weight excluding hydrogens is 324 g/mol. The summed E-state index contributed by atoms with van der Waals surface area (Å²) in [5.74, 6) is 3.85. The highest BCUT2D eigenvalue weighted by Gasteiger charge is 2.41. The van der Waals surface area contributed by atoms with Crippen LogP contribution in [0.5, 0.6) is 5.75 Å². The van der Waals surface area contributed by atoms with Crippen molar-refractivity contribution in [3.63, 3.8) is 0 Å². The molecule has 4 rings (SSSR count). The Morgan fingerprint density at radius 3 is 2.69 bits per heavy atom. The van der Waals surface area contributed by atoms with Crippen LogP contribution in [0.1, 0.15) is 76.7 Å². The minimum atomic E-state index is 0.182. The van der Waals surface area contributed by atoms with E-state index < -0.39 is 0 Å². The van der Waals surface area contributed by atoms with Crippen molar-refractivity contribution in [3.05, 3.63) is 29.8 Å². The first-order chi connectivity index (χ1) is 12.6. The SMILES string of the molecule is CC1CC2CC(C)C(OO[C@@H]3CCC[C@@H](c4cccc(O)c4)C3)C(C1)C2. The topological polar surface area (TPSA) is 38.7 Å². The van der Waals surface area contributed by atoms with Crippen molar-refractivity contribution in [1.29, 1.82) is 0 Å². The van der Waals surface area contributed by atoms with Crippen molar-refractivity contribution in [3.8, 4) is 5.75 Å². The van der Waals surface area contributed by atoms with Gasteiger partial charge in [0, 0.05) is 0 Å². The highest BCUT2D eigenvalue weighted by molar-refractivity contribution is 5.30. The average Bonchev–Trinajstić information content (AvgIpc) is 2.61. The molecule has 3 nitrogen and oxygen atoms in total. The second-order valence-corrected chi connectivity index (χ2v) is 9.39. The zero-order valence-corrected chi connectivity index (χ0v) is 16.3. The fraction of sp³-hybridized carbons (Fsp3) is 0.739. The number of phenolic OH excluding ortho intramolecular Hbond substituents is 1. The number of hydrogen-bond donors (Lipinski definition) is 1. The summed E-state index contributed by atoms with van der Waals surface area (Å²) >= 11 is 0. The molecule has 0 amide bonds. The van der Waals surface area contributed by atoms with E-state index in [1.165, 1.54) is 37.7 Å². The van der Waals surface area contributed by atoms with E-state index >= 15 is 0 Å². The Morgan fingerprint density at radius 2 is 1.85 bits per heavy atom. The Bertz CT molecular complexity index is 597. The fourth-order valence-electron chi connectivity index (χ4n) is 6.02. The fourth-order valence-corrected chi connectivity index (χ4v) is 6.02. The number of aromatic hydroxyl groups is 1. The van der Waals surface area contributed by atoms with Crippen LogP contribution in [0.3, 0.4) is 0 Å². The predicted molar refractivity (Wildman–Crippen MR) is 103 cm³/mol. The van der Waals surface area contributed by atoms with Gasteiger partial charge in [-0.1, -0.05) is 32.4 Å². The van der Waals surface area contributed by atoms with Gasteiger partial charge in [-0.25, -0.2) is 9.78 Å². The maximum absolute atomic E-state index is 9.76. The predicted octanol–water partition coefficient (Wildman–Crippen LogP) is 5.83. The van der Waals surface area contributed by atoms with Crippen LogP contribution in [0.2, 0.25) is 0 Å². The van der Waals surface area contributed by atoms with Crippen molar-refractivity contribution >= 4 is 0 Å².